The van der Waals surface area contributed by atoms with Crippen LogP contribution in [0.15, 0.2) is 23.3 Å². The minimum absolute atomic E-state index is 0.117. The third-order valence-electron chi connectivity index (χ3n) is 7.74. The highest BCUT2D eigenvalue weighted by Gasteiger charge is 2.56. The number of aliphatic hydroxyl groups excluding tert-OH is 1. The summed E-state index contributed by atoms with van der Waals surface area (Å²) in [5.41, 5.74) is 1.50. The first-order valence-electron chi connectivity index (χ1n) is 9.18. The van der Waals surface area contributed by atoms with Crippen molar-refractivity contribution in [1.29, 1.82) is 0 Å². The Bertz CT molecular complexity index is 580. The molecule has 0 aromatic heterocycles. The molecule has 0 amide bonds. The molecule has 0 bridgehead atoms. The normalized spacial score (nSPS) is 49.0. The number of aliphatic hydroxyl groups is 1. The highest BCUT2D eigenvalue weighted by molar-refractivity contribution is 6.31. The molecule has 4 aliphatic carbocycles. The zero-order chi connectivity index (χ0) is 16.4. The van der Waals surface area contributed by atoms with E-state index < -0.39 is 0 Å². The minimum atomic E-state index is -0.188. The molecule has 3 fully saturated rings. The summed E-state index contributed by atoms with van der Waals surface area (Å²) in [5, 5.41) is 11.0. The molecule has 3 saturated carbocycles. The molecule has 0 aliphatic heterocycles. The maximum absolute atomic E-state index is 12.3. The van der Waals surface area contributed by atoms with Crippen LogP contribution < -0.4 is 0 Å². The zero-order valence-corrected chi connectivity index (χ0v) is 14.7. The number of hydrogen-bond donors (Lipinski definition) is 1. The smallest absolute Gasteiger partial charge is 0.163 e. The second kappa shape index (κ2) is 5.46. The van der Waals surface area contributed by atoms with Gasteiger partial charge in [0.05, 0.1) is 12.0 Å². The molecule has 1 N–H and O–H groups in total. The Morgan fingerprint density at radius 2 is 2.09 bits per heavy atom. The molecule has 126 valence electrons. The van der Waals surface area contributed by atoms with E-state index in [-0.39, 0.29) is 23.2 Å². The van der Waals surface area contributed by atoms with Gasteiger partial charge in [0.1, 0.15) is 0 Å². The Morgan fingerprint density at radius 1 is 1.30 bits per heavy atom. The average Bonchev–Trinajstić information content (AvgIpc) is 2.81. The number of allylic oxidation sites excluding steroid dienone is 2. The minimum Gasteiger partial charge on any atom is -0.393 e. The molecule has 0 saturated heterocycles. The Balaban J connectivity index is 1.63. The van der Waals surface area contributed by atoms with E-state index in [1.807, 2.05) is 6.08 Å². The third kappa shape index (κ3) is 2.28. The van der Waals surface area contributed by atoms with Crippen LogP contribution in [-0.4, -0.2) is 17.0 Å². The second-order valence-electron chi connectivity index (χ2n) is 8.57. The van der Waals surface area contributed by atoms with E-state index in [1.54, 1.807) is 0 Å². The summed E-state index contributed by atoms with van der Waals surface area (Å²) in [6.45, 7) is 6.14. The molecule has 2 unspecified atom stereocenters. The largest absolute Gasteiger partial charge is 0.393 e. The molecule has 0 spiro atoms. The molecule has 4 rings (SSSR count). The van der Waals surface area contributed by atoms with Crippen molar-refractivity contribution in [2.45, 2.75) is 58.0 Å². The fourth-order valence-corrected chi connectivity index (χ4v) is 6.64. The van der Waals surface area contributed by atoms with Crippen molar-refractivity contribution >= 4 is 17.4 Å². The van der Waals surface area contributed by atoms with Crippen molar-refractivity contribution in [3.05, 3.63) is 23.3 Å². The van der Waals surface area contributed by atoms with Crippen LogP contribution in [0.4, 0.5) is 0 Å². The van der Waals surface area contributed by atoms with Crippen molar-refractivity contribution < 1.29 is 9.90 Å². The van der Waals surface area contributed by atoms with Gasteiger partial charge in [0.25, 0.3) is 0 Å². The molecule has 3 heteroatoms. The van der Waals surface area contributed by atoms with E-state index in [2.05, 4.69) is 13.5 Å². The first-order chi connectivity index (χ1) is 10.9. The Morgan fingerprint density at radius 3 is 2.83 bits per heavy atom. The molecular weight excluding hydrogens is 308 g/mol. The predicted molar refractivity (Wildman–Crippen MR) is 92.0 cm³/mol. The van der Waals surface area contributed by atoms with Gasteiger partial charge in [-0.25, -0.2) is 0 Å². The number of hydrogen-bond acceptors (Lipinski definition) is 2. The van der Waals surface area contributed by atoms with Gasteiger partial charge in [0.2, 0.25) is 0 Å². The van der Waals surface area contributed by atoms with Gasteiger partial charge in [-0.3, -0.25) is 4.79 Å². The van der Waals surface area contributed by atoms with Crippen LogP contribution in [-0.2, 0) is 4.79 Å². The Labute approximate surface area is 144 Å². The fraction of sp³-hybridized carbons (Fsp3) is 0.750. The molecule has 23 heavy (non-hydrogen) atoms. The first-order valence-corrected chi connectivity index (χ1v) is 9.56. The van der Waals surface area contributed by atoms with Gasteiger partial charge in [-0.2, -0.15) is 0 Å². The molecule has 0 heterocycles. The lowest BCUT2D eigenvalue weighted by Gasteiger charge is -2.53. The predicted octanol–water partition coefficient (Wildman–Crippen LogP) is 4.47. The topological polar surface area (TPSA) is 37.3 Å². The van der Waals surface area contributed by atoms with E-state index in [0.717, 1.165) is 25.7 Å². The number of ketones is 1. The standard InChI is InChI=1S/C20H27ClO2/c1-11(21)15-10-16-12(9-18(15)22)3-4-14-13(16)7-8-20(2)17(14)5-6-19(20)23/h9,13-17,19,23H,1,3-8,10H2,2H3/t13-,14+,15?,16-,17-,19?,20-/m0/s1. The average molecular weight is 335 g/mol. The van der Waals surface area contributed by atoms with Crippen LogP contribution >= 0.6 is 11.6 Å². The molecule has 0 radical (unpaired) electrons. The van der Waals surface area contributed by atoms with Gasteiger partial charge < -0.3 is 5.11 Å². The molecular formula is C20H27ClO2. The van der Waals surface area contributed by atoms with Gasteiger partial charge in [-0.05, 0) is 80.1 Å². The number of rotatable bonds is 1. The van der Waals surface area contributed by atoms with Crippen LogP contribution in [0.3, 0.4) is 0 Å². The van der Waals surface area contributed by atoms with Crippen LogP contribution in [0.1, 0.15) is 51.9 Å². The van der Waals surface area contributed by atoms with E-state index in [1.165, 1.54) is 24.8 Å². The molecule has 0 aromatic rings. The highest BCUT2D eigenvalue weighted by Crippen LogP contribution is 2.62. The SMILES string of the molecule is C=C(Cl)C1C[C@H]2C(=CC1=O)CC[C@@H]1[C@@H]2CC[C@]2(C)C(O)CC[C@@H]12. The summed E-state index contributed by atoms with van der Waals surface area (Å²) >= 11 is 6.11. The van der Waals surface area contributed by atoms with Gasteiger partial charge in [-0.15, -0.1) is 0 Å². The number of halogens is 1. The molecule has 7 atom stereocenters. The first kappa shape index (κ1) is 15.9. The summed E-state index contributed by atoms with van der Waals surface area (Å²) in [5.74, 6) is 2.52. The van der Waals surface area contributed by atoms with E-state index in [9.17, 15) is 9.90 Å². The quantitative estimate of drug-likeness (QED) is 0.768. The van der Waals surface area contributed by atoms with Crippen LogP contribution in [0.2, 0.25) is 0 Å². The molecule has 0 aromatic carbocycles. The van der Waals surface area contributed by atoms with E-state index in [4.69, 9.17) is 11.6 Å². The third-order valence-corrected chi connectivity index (χ3v) is 8.00. The lowest BCUT2D eigenvalue weighted by Crippen LogP contribution is -2.48. The monoisotopic (exact) mass is 334 g/mol. The Hall–Kier alpha value is -0.600. The van der Waals surface area contributed by atoms with Gasteiger partial charge in [0.15, 0.2) is 5.78 Å². The molecule has 4 aliphatic rings. The summed E-state index contributed by atoms with van der Waals surface area (Å²) in [6, 6.07) is 0. The second-order valence-corrected chi connectivity index (χ2v) is 9.06. The van der Waals surface area contributed by atoms with Crippen molar-refractivity contribution in [1.82, 2.24) is 0 Å². The highest BCUT2D eigenvalue weighted by atomic mass is 35.5. The maximum atomic E-state index is 12.3. The summed E-state index contributed by atoms with van der Waals surface area (Å²) < 4.78 is 0. The van der Waals surface area contributed by atoms with Gasteiger partial charge in [-0.1, -0.05) is 30.7 Å². The zero-order valence-electron chi connectivity index (χ0n) is 13.9. The van der Waals surface area contributed by atoms with Crippen LogP contribution in [0.25, 0.3) is 0 Å². The van der Waals surface area contributed by atoms with Crippen molar-refractivity contribution in [2.75, 3.05) is 0 Å². The summed E-state index contributed by atoms with van der Waals surface area (Å²) in [7, 11) is 0. The number of fused-ring (bicyclic) bond motifs is 5. The van der Waals surface area contributed by atoms with Crippen LogP contribution in [0, 0.1) is 35.0 Å². The van der Waals surface area contributed by atoms with E-state index in [0.29, 0.717) is 28.7 Å². The maximum Gasteiger partial charge on any atom is 0.163 e. The Kier molecular flexibility index (Phi) is 3.77. The van der Waals surface area contributed by atoms with Crippen LogP contribution in [0.5, 0.6) is 0 Å². The van der Waals surface area contributed by atoms with E-state index >= 15 is 0 Å². The summed E-state index contributed by atoms with van der Waals surface area (Å²) in [4.78, 5) is 12.3. The lowest BCUT2D eigenvalue weighted by molar-refractivity contribution is -0.119. The number of carbonyl (C=O) groups excluding carboxylic acids is 1. The van der Waals surface area contributed by atoms with Gasteiger partial charge >= 0.3 is 0 Å². The van der Waals surface area contributed by atoms with Crippen molar-refractivity contribution in [3.63, 3.8) is 0 Å². The fourth-order valence-electron chi connectivity index (χ4n) is 6.44. The van der Waals surface area contributed by atoms with Gasteiger partial charge in [0, 0.05) is 5.03 Å². The van der Waals surface area contributed by atoms with Crippen molar-refractivity contribution in [3.8, 4) is 0 Å². The summed E-state index contributed by atoms with van der Waals surface area (Å²) in [6.07, 6.45) is 9.35. The lowest BCUT2D eigenvalue weighted by atomic mass is 9.51. The van der Waals surface area contributed by atoms with Crippen molar-refractivity contribution in [2.24, 2.45) is 35.0 Å². The number of carbonyl (C=O) groups is 1. The molecule has 2 nitrogen and oxygen atoms in total.